The van der Waals surface area contributed by atoms with Crippen LogP contribution in [0, 0.1) is 5.82 Å². The number of aromatic nitrogens is 4. The van der Waals surface area contributed by atoms with Gasteiger partial charge in [0.2, 0.25) is 5.69 Å². The Balaban J connectivity index is 1.55. The maximum atomic E-state index is 13.4. The smallest absolute Gasteiger partial charge is 0.296 e. The lowest BCUT2D eigenvalue weighted by molar-refractivity contribution is -0.124. The normalized spacial score (nSPS) is 14.6. The molecule has 184 valence electrons. The summed E-state index contributed by atoms with van der Waals surface area (Å²) in [5.74, 6) is -2.21. The van der Waals surface area contributed by atoms with Crippen molar-refractivity contribution in [2.75, 3.05) is 47.4 Å². The number of Topliss-reactive ketones (excluding diaryl/α,β-unsaturated/α-hetero) is 1. The lowest BCUT2D eigenvalue weighted by Crippen LogP contribution is -2.36. The SMILES string of the molecule is COc1nc2ncc(C(=O)C(=O)N(C)C)n2nc1C(=O)N1CCCN(Cc2ccc(F)cc2)CC1. The van der Waals surface area contributed by atoms with E-state index in [4.69, 9.17) is 4.74 Å². The van der Waals surface area contributed by atoms with E-state index in [-0.39, 0.29) is 28.9 Å². The fourth-order valence-corrected chi connectivity index (χ4v) is 3.87. The number of amides is 2. The van der Waals surface area contributed by atoms with Crippen molar-refractivity contribution < 1.29 is 23.5 Å². The highest BCUT2D eigenvalue weighted by molar-refractivity contribution is 6.42. The summed E-state index contributed by atoms with van der Waals surface area (Å²) < 4.78 is 19.6. The average Bonchev–Trinajstić information content (AvgIpc) is 3.13. The standard InChI is InChI=1S/C23H26FN7O4/c1-28(2)22(34)19(32)17-13-25-23-26-20(35-3)18(27-31(17)23)21(33)30-10-4-9-29(11-12-30)14-15-5-7-16(24)8-6-15/h5-8,13H,4,9-12,14H2,1-3H3. The molecule has 1 aromatic carbocycles. The molecule has 0 atom stereocenters. The number of rotatable bonds is 6. The molecule has 11 nitrogen and oxygen atoms in total. The van der Waals surface area contributed by atoms with Crippen LogP contribution in [0.3, 0.4) is 0 Å². The second-order valence-electron chi connectivity index (χ2n) is 8.40. The van der Waals surface area contributed by atoms with Crippen LogP contribution < -0.4 is 4.74 Å². The fraction of sp³-hybridized carbons (Fsp3) is 0.391. The number of hydrogen-bond donors (Lipinski definition) is 0. The van der Waals surface area contributed by atoms with Crippen molar-refractivity contribution >= 4 is 23.4 Å². The van der Waals surface area contributed by atoms with Crippen LogP contribution in [0.4, 0.5) is 4.39 Å². The van der Waals surface area contributed by atoms with E-state index in [0.29, 0.717) is 26.2 Å². The van der Waals surface area contributed by atoms with Gasteiger partial charge in [-0.05, 0) is 24.1 Å². The molecule has 2 amide bonds. The molecule has 1 aliphatic heterocycles. The van der Waals surface area contributed by atoms with Gasteiger partial charge in [-0.2, -0.15) is 14.6 Å². The number of ketones is 1. The number of fused-ring (bicyclic) bond motifs is 1. The van der Waals surface area contributed by atoms with E-state index in [1.165, 1.54) is 39.5 Å². The zero-order valence-corrected chi connectivity index (χ0v) is 19.8. The van der Waals surface area contributed by atoms with Crippen molar-refractivity contribution in [1.29, 1.82) is 0 Å². The van der Waals surface area contributed by atoms with Gasteiger partial charge in [-0.15, -0.1) is 0 Å². The Morgan fingerprint density at radius 1 is 1.09 bits per heavy atom. The maximum absolute atomic E-state index is 13.4. The predicted molar refractivity (Wildman–Crippen MR) is 123 cm³/mol. The summed E-state index contributed by atoms with van der Waals surface area (Å²) in [7, 11) is 4.30. The predicted octanol–water partition coefficient (Wildman–Crippen LogP) is 0.891. The first-order valence-electron chi connectivity index (χ1n) is 11.1. The Morgan fingerprint density at radius 2 is 1.83 bits per heavy atom. The number of ether oxygens (including phenoxy) is 1. The number of carbonyl (C=O) groups is 3. The molecule has 12 heteroatoms. The molecule has 1 fully saturated rings. The van der Waals surface area contributed by atoms with Crippen LogP contribution in [0.25, 0.3) is 5.78 Å². The number of hydrogen-bond acceptors (Lipinski definition) is 8. The average molecular weight is 484 g/mol. The van der Waals surface area contributed by atoms with Gasteiger partial charge in [0.15, 0.2) is 0 Å². The highest BCUT2D eigenvalue weighted by atomic mass is 19.1. The second-order valence-corrected chi connectivity index (χ2v) is 8.40. The fourth-order valence-electron chi connectivity index (χ4n) is 3.87. The van der Waals surface area contributed by atoms with E-state index < -0.39 is 17.6 Å². The summed E-state index contributed by atoms with van der Waals surface area (Å²) in [5, 5.41) is 4.30. The Labute approximate surface area is 201 Å². The minimum Gasteiger partial charge on any atom is -0.479 e. The summed E-state index contributed by atoms with van der Waals surface area (Å²) >= 11 is 0. The monoisotopic (exact) mass is 483 g/mol. The zero-order chi connectivity index (χ0) is 25.1. The van der Waals surface area contributed by atoms with Crippen molar-refractivity contribution in [3.05, 3.63) is 53.2 Å². The third-order valence-corrected chi connectivity index (χ3v) is 5.75. The van der Waals surface area contributed by atoms with Gasteiger partial charge in [-0.3, -0.25) is 19.3 Å². The van der Waals surface area contributed by atoms with E-state index >= 15 is 0 Å². The van der Waals surface area contributed by atoms with Crippen molar-refractivity contribution in [2.24, 2.45) is 0 Å². The lowest BCUT2D eigenvalue weighted by Gasteiger charge is -2.22. The van der Waals surface area contributed by atoms with Crippen LogP contribution in [0.2, 0.25) is 0 Å². The summed E-state index contributed by atoms with van der Waals surface area (Å²) in [6, 6.07) is 6.38. The van der Waals surface area contributed by atoms with Crippen molar-refractivity contribution in [1.82, 2.24) is 34.3 Å². The third-order valence-electron chi connectivity index (χ3n) is 5.75. The second kappa shape index (κ2) is 10.1. The minimum absolute atomic E-state index is 0.0153. The van der Waals surface area contributed by atoms with Gasteiger partial charge in [0.05, 0.1) is 13.3 Å². The van der Waals surface area contributed by atoms with Crippen molar-refractivity contribution in [2.45, 2.75) is 13.0 Å². The summed E-state index contributed by atoms with van der Waals surface area (Å²) in [6.07, 6.45) is 1.93. The summed E-state index contributed by atoms with van der Waals surface area (Å²) in [6.45, 7) is 2.98. The van der Waals surface area contributed by atoms with Gasteiger partial charge in [-0.25, -0.2) is 9.37 Å². The topological polar surface area (TPSA) is 113 Å². The van der Waals surface area contributed by atoms with Crippen molar-refractivity contribution in [3.63, 3.8) is 0 Å². The molecule has 0 radical (unpaired) electrons. The molecule has 4 rings (SSSR count). The first-order chi connectivity index (χ1) is 16.8. The van der Waals surface area contributed by atoms with Crippen LogP contribution >= 0.6 is 0 Å². The third kappa shape index (κ3) is 5.11. The van der Waals surface area contributed by atoms with E-state index in [9.17, 15) is 18.8 Å². The summed E-state index contributed by atoms with van der Waals surface area (Å²) in [4.78, 5) is 51.4. The number of nitrogens with zero attached hydrogens (tertiary/aromatic N) is 7. The molecule has 0 bridgehead atoms. The van der Waals surface area contributed by atoms with Crippen LogP contribution in [-0.4, -0.2) is 99.3 Å². The molecule has 1 saturated heterocycles. The van der Waals surface area contributed by atoms with Crippen molar-refractivity contribution in [3.8, 4) is 5.88 Å². The Morgan fingerprint density at radius 3 is 2.51 bits per heavy atom. The van der Waals surface area contributed by atoms with Gasteiger partial charge in [0.1, 0.15) is 11.5 Å². The van der Waals surface area contributed by atoms with E-state index in [2.05, 4.69) is 20.0 Å². The molecule has 0 saturated carbocycles. The van der Waals surface area contributed by atoms with Gasteiger partial charge >= 0.3 is 0 Å². The van der Waals surface area contributed by atoms with Gasteiger partial charge < -0.3 is 14.5 Å². The molecule has 0 N–H and O–H groups in total. The van der Waals surface area contributed by atoms with E-state index in [0.717, 1.165) is 27.9 Å². The largest absolute Gasteiger partial charge is 0.479 e. The Hall–Kier alpha value is -3.93. The van der Waals surface area contributed by atoms with E-state index in [1.54, 1.807) is 17.0 Å². The molecule has 0 aliphatic carbocycles. The van der Waals surface area contributed by atoms with Gasteiger partial charge in [0.25, 0.3) is 29.3 Å². The Kier molecular flexibility index (Phi) is 7.01. The lowest BCUT2D eigenvalue weighted by atomic mass is 10.2. The van der Waals surface area contributed by atoms with Crippen LogP contribution in [-0.2, 0) is 11.3 Å². The number of halogens is 1. The maximum Gasteiger partial charge on any atom is 0.296 e. The molecule has 2 aromatic heterocycles. The quantitative estimate of drug-likeness (QED) is 0.375. The Bertz CT molecular complexity index is 1260. The molecule has 0 unspecified atom stereocenters. The van der Waals surface area contributed by atoms with Crippen LogP contribution in [0.15, 0.2) is 30.5 Å². The number of carbonyl (C=O) groups excluding carboxylic acids is 3. The number of likely N-dealkylation sites (N-methyl/N-ethyl adjacent to an activating group) is 1. The number of methoxy groups -OCH3 is 1. The van der Waals surface area contributed by atoms with Gasteiger partial charge in [-0.1, -0.05) is 12.1 Å². The van der Waals surface area contributed by atoms with E-state index in [1.807, 2.05) is 0 Å². The zero-order valence-electron chi connectivity index (χ0n) is 19.8. The first kappa shape index (κ1) is 24.2. The highest BCUT2D eigenvalue weighted by Crippen LogP contribution is 2.19. The van der Waals surface area contributed by atoms with Gasteiger partial charge in [0, 0.05) is 46.8 Å². The van der Waals surface area contributed by atoms with Crippen LogP contribution in [0.5, 0.6) is 5.88 Å². The number of benzene rings is 1. The molecular weight excluding hydrogens is 457 g/mol. The molecule has 3 aromatic rings. The number of imidazole rings is 1. The van der Waals surface area contributed by atoms with Crippen LogP contribution in [0.1, 0.15) is 33.0 Å². The molecule has 3 heterocycles. The molecule has 35 heavy (non-hydrogen) atoms. The molecule has 1 aliphatic rings. The molecule has 0 spiro atoms. The first-order valence-corrected chi connectivity index (χ1v) is 11.1. The molecular formula is C23H26FN7O4. The minimum atomic E-state index is -0.813. The highest BCUT2D eigenvalue weighted by Gasteiger charge is 2.29. The summed E-state index contributed by atoms with van der Waals surface area (Å²) in [5.41, 5.74) is 0.828.